The molecule has 0 saturated heterocycles. The summed E-state index contributed by atoms with van der Waals surface area (Å²) in [6.45, 7) is 2.19. The number of hydrogen-bond donors (Lipinski definition) is 1. The number of thiol groups is 1. The molecule has 1 saturated carbocycles. The van der Waals surface area contributed by atoms with E-state index in [2.05, 4.69) is 19.6 Å². The highest BCUT2D eigenvalue weighted by atomic mass is 35.5. The van der Waals surface area contributed by atoms with Gasteiger partial charge >= 0.3 is 0 Å². The molecule has 1 aliphatic carbocycles. The van der Waals surface area contributed by atoms with Gasteiger partial charge in [0, 0.05) is 10.6 Å². The van der Waals surface area contributed by atoms with E-state index in [9.17, 15) is 0 Å². The van der Waals surface area contributed by atoms with Crippen LogP contribution >= 0.6 is 24.2 Å². The maximum absolute atomic E-state index is 5.94. The van der Waals surface area contributed by atoms with E-state index in [4.69, 9.17) is 11.6 Å². The molecule has 8 heavy (non-hydrogen) atoms. The van der Waals surface area contributed by atoms with Crippen molar-refractivity contribution < 1.29 is 0 Å². The minimum atomic E-state index is 0.318. The lowest BCUT2D eigenvalue weighted by Crippen LogP contribution is -2.11. The van der Waals surface area contributed by atoms with Crippen LogP contribution in [0.15, 0.2) is 0 Å². The number of halogens is 1. The topological polar surface area (TPSA) is 0 Å². The van der Waals surface area contributed by atoms with Crippen LogP contribution in [0.1, 0.15) is 19.8 Å². The highest BCUT2D eigenvalue weighted by Gasteiger charge is 2.28. The fraction of sp³-hybridized carbons (Fsp3) is 1.00. The second-order valence-corrected chi connectivity index (χ2v) is 3.73. The summed E-state index contributed by atoms with van der Waals surface area (Å²) in [7, 11) is 0. The summed E-state index contributed by atoms with van der Waals surface area (Å²) in [5.41, 5.74) is 0. The molecule has 2 heteroatoms. The van der Waals surface area contributed by atoms with Crippen molar-refractivity contribution in [1.29, 1.82) is 0 Å². The highest BCUT2D eigenvalue weighted by molar-refractivity contribution is 7.81. The molecule has 48 valence electrons. The third-order valence-corrected chi connectivity index (χ3v) is 3.32. The van der Waals surface area contributed by atoms with Crippen LogP contribution < -0.4 is 0 Å². The van der Waals surface area contributed by atoms with Gasteiger partial charge in [-0.25, -0.2) is 0 Å². The number of alkyl halides is 1. The molecular weight excluding hydrogens is 140 g/mol. The van der Waals surface area contributed by atoms with Crippen LogP contribution in [0, 0.1) is 5.92 Å². The second kappa shape index (κ2) is 2.49. The van der Waals surface area contributed by atoms with Crippen molar-refractivity contribution >= 4 is 24.2 Å². The molecule has 0 amide bonds. The molecule has 0 nitrogen and oxygen atoms in total. The molecule has 0 aromatic heterocycles. The van der Waals surface area contributed by atoms with Crippen molar-refractivity contribution in [3.05, 3.63) is 0 Å². The maximum Gasteiger partial charge on any atom is 0.0477 e. The Bertz CT molecular complexity index is 74.6. The molecule has 0 aromatic rings. The normalized spacial score (nSPS) is 47.6. The molecule has 3 atom stereocenters. The Kier molecular flexibility index (Phi) is 2.10. The van der Waals surface area contributed by atoms with Crippen LogP contribution in [-0.4, -0.2) is 10.6 Å². The molecule has 0 aromatic carbocycles. The standard InChI is InChI=1S/C6H11ClS/c1-4-2-3-5(8)6(4)7/h4-6,8H,2-3H2,1H3. The lowest BCUT2D eigenvalue weighted by Gasteiger charge is -2.08. The van der Waals surface area contributed by atoms with Crippen molar-refractivity contribution in [3.8, 4) is 0 Å². The molecule has 1 aliphatic rings. The van der Waals surface area contributed by atoms with E-state index in [1.54, 1.807) is 0 Å². The largest absolute Gasteiger partial charge is 0.174 e. The van der Waals surface area contributed by atoms with Gasteiger partial charge in [0.25, 0.3) is 0 Å². The Morgan fingerprint density at radius 3 is 2.25 bits per heavy atom. The summed E-state index contributed by atoms with van der Waals surface area (Å²) >= 11 is 10.3. The van der Waals surface area contributed by atoms with Crippen LogP contribution in [0.4, 0.5) is 0 Å². The van der Waals surface area contributed by atoms with Crippen molar-refractivity contribution in [2.45, 2.75) is 30.4 Å². The van der Waals surface area contributed by atoms with E-state index in [1.807, 2.05) is 0 Å². The van der Waals surface area contributed by atoms with Crippen molar-refractivity contribution in [3.63, 3.8) is 0 Å². The molecule has 0 spiro atoms. The van der Waals surface area contributed by atoms with E-state index in [0.29, 0.717) is 16.5 Å². The van der Waals surface area contributed by atoms with E-state index in [0.717, 1.165) is 0 Å². The minimum absolute atomic E-state index is 0.318. The molecule has 1 rings (SSSR count). The molecule has 0 bridgehead atoms. The van der Waals surface area contributed by atoms with Gasteiger partial charge in [0.05, 0.1) is 0 Å². The maximum atomic E-state index is 5.94. The predicted molar refractivity (Wildman–Crippen MR) is 40.8 cm³/mol. The Morgan fingerprint density at radius 2 is 2.12 bits per heavy atom. The first-order valence-electron chi connectivity index (χ1n) is 3.04. The van der Waals surface area contributed by atoms with Crippen molar-refractivity contribution in [2.75, 3.05) is 0 Å². The zero-order chi connectivity index (χ0) is 6.15. The summed E-state index contributed by atoms with van der Waals surface area (Å²) in [6, 6.07) is 0. The molecule has 3 unspecified atom stereocenters. The zero-order valence-corrected chi connectivity index (χ0v) is 6.62. The van der Waals surface area contributed by atoms with Gasteiger partial charge in [-0.1, -0.05) is 6.92 Å². The summed E-state index contributed by atoms with van der Waals surface area (Å²) in [5.74, 6) is 0.680. The summed E-state index contributed by atoms with van der Waals surface area (Å²) < 4.78 is 0. The van der Waals surface area contributed by atoms with E-state index >= 15 is 0 Å². The van der Waals surface area contributed by atoms with Gasteiger partial charge < -0.3 is 0 Å². The smallest absolute Gasteiger partial charge is 0.0477 e. The molecule has 0 heterocycles. The van der Waals surface area contributed by atoms with Gasteiger partial charge in [0.1, 0.15) is 0 Å². The average Bonchev–Trinajstić information content (AvgIpc) is 1.98. The highest BCUT2D eigenvalue weighted by Crippen LogP contribution is 2.33. The third kappa shape index (κ3) is 1.14. The Balaban J connectivity index is 2.44. The summed E-state index contributed by atoms with van der Waals surface area (Å²) in [4.78, 5) is 0. The first kappa shape index (κ1) is 6.76. The first-order chi connectivity index (χ1) is 3.72. The van der Waals surface area contributed by atoms with Gasteiger partial charge in [-0.15, -0.1) is 11.6 Å². The minimum Gasteiger partial charge on any atom is -0.174 e. The average molecular weight is 151 g/mol. The van der Waals surface area contributed by atoms with E-state index in [-0.39, 0.29) is 0 Å². The van der Waals surface area contributed by atoms with Gasteiger partial charge in [0.2, 0.25) is 0 Å². The lowest BCUT2D eigenvalue weighted by molar-refractivity contribution is 0.620. The quantitative estimate of drug-likeness (QED) is 0.398. The van der Waals surface area contributed by atoms with Crippen LogP contribution in [0.2, 0.25) is 0 Å². The molecular formula is C6H11ClS. The Labute approximate surface area is 61.0 Å². The Hall–Kier alpha value is 0.640. The third-order valence-electron chi connectivity index (χ3n) is 1.83. The molecule has 0 N–H and O–H groups in total. The Morgan fingerprint density at radius 1 is 1.50 bits per heavy atom. The van der Waals surface area contributed by atoms with Crippen molar-refractivity contribution in [1.82, 2.24) is 0 Å². The van der Waals surface area contributed by atoms with Crippen LogP contribution in [0.5, 0.6) is 0 Å². The number of hydrogen-bond acceptors (Lipinski definition) is 1. The van der Waals surface area contributed by atoms with Gasteiger partial charge in [0.15, 0.2) is 0 Å². The predicted octanol–water partition coefficient (Wildman–Crippen LogP) is 2.32. The SMILES string of the molecule is CC1CCC(S)C1Cl. The van der Waals surface area contributed by atoms with Gasteiger partial charge in [-0.2, -0.15) is 12.6 Å². The monoisotopic (exact) mass is 150 g/mol. The van der Waals surface area contributed by atoms with E-state index in [1.165, 1.54) is 12.8 Å². The van der Waals surface area contributed by atoms with Crippen LogP contribution in [0.25, 0.3) is 0 Å². The van der Waals surface area contributed by atoms with Gasteiger partial charge in [-0.3, -0.25) is 0 Å². The zero-order valence-electron chi connectivity index (χ0n) is 4.97. The van der Waals surface area contributed by atoms with Gasteiger partial charge in [-0.05, 0) is 18.8 Å². The molecule has 1 fully saturated rings. The van der Waals surface area contributed by atoms with Crippen molar-refractivity contribution in [2.24, 2.45) is 5.92 Å². The molecule has 0 aliphatic heterocycles. The second-order valence-electron chi connectivity index (χ2n) is 2.57. The summed E-state index contributed by atoms with van der Waals surface area (Å²) in [6.07, 6.45) is 2.45. The van der Waals surface area contributed by atoms with E-state index < -0.39 is 0 Å². The fourth-order valence-electron chi connectivity index (χ4n) is 1.13. The fourth-order valence-corrected chi connectivity index (χ4v) is 1.83. The van der Waals surface area contributed by atoms with Crippen LogP contribution in [0.3, 0.4) is 0 Å². The molecule has 0 radical (unpaired) electrons. The number of rotatable bonds is 0. The lowest BCUT2D eigenvalue weighted by atomic mass is 10.1. The van der Waals surface area contributed by atoms with Crippen LogP contribution in [-0.2, 0) is 0 Å². The summed E-state index contributed by atoms with van der Waals surface area (Å²) in [5, 5.41) is 0.769. The first-order valence-corrected chi connectivity index (χ1v) is 3.99.